The zero-order chi connectivity index (χ0) is 14.8. The molecule has 0 bridgehead atoms. The fraction of sp³-hybridized carbons (Fsp3) is 0.647. The van der Waals surface area contributed by atoms with Crippen molar-refractivity contribution in [3.8, 4) is 5.75 Å². The second-order valence-corrected chi connectivity index (χ2v) is 6.33. The van der Waals surface area contributed by atoms with Gasteiger partial charge in [-0.15, -0.1) is 0 Å². The van der Waals surface area contributed by atoms with E-state index in [2.05, 4.69) is 56.1 Å². The molecule has 2 rings (SSSR count). The molecule has 3 heteroatoms. The highest BCUT2D eigenvalue weighted by molar-refractivity contribution is 5.37. The Morgan fingerprint density at radius 2 is 2.20 bits per heavy atom. The van der Waals surface area contributed by atoms with Crippen LogP contribution in [0, 0.1) is 6.92 Å². The summed E-state index contributed by atoms with van der Waals surface area (Å²) < 4.78 is 5.53. The van der Waals surface area contributed by atoms with Crippen LogP contribution in [0.4, 0.5) is 0 Å². The SMILES string of the molecule is CCC1(C)CNC(C)CN1Cc1cc(C)ccc1OC. The highest BCUT2D eigenvalue weighted by Gasteiger charge is 2.35. The van der Waals surface area contributed by atoms with Crippen molar-refractivity contribution in [2.24, 2.45) is 0 Å². The molecule has 0 amide bonds. The molecule has 1 fully saturated rings. The van der Waals surface area contributed by atoms with Crippen molar-refractivity contribution in [3.05, 3.63) is 29.3 Å². The zero-order valence-corrected chi connectivity index (χ0v) is 13.5. The van der Waals surface area contributed by atoms with Crippen LogP contribution in [0.1, 0.15) is 38.3 Å². The Morgan fingerprint density at radius 3 is 2.85 bits per heavy atom. The van der Waals surface area contributed by atoms with Crippen LogP contribution >= 0.6 is 0 Å². The lowest BCUT2D eigenvalue weighted by Crippen LogP contribution is -2.61. The number of benzene rings is 1. The monoisotopic (exact) mass is 276 g/mol. The lowest BCUT2D eigenvalue weighted by atomic mass is 9.91. The topological polar surface area (TPSA) is 24.5 Å². The first kappa shape index (κ1) is 15.3. The van der Waals surface area contributed by atoms with Gasteiger partial charge < -0.3 is 10.1 Å². The number of aryl methyl sites for hydroxylation is 1. The molecule has 0 radical (unpaired) electrons. The van der Waals surface area contributed by atoms with E-state index in [0.717, 1.165) is 31.8 Å². The molecular formula is C17H28N2O. The third kappa shape index (κ3) is 3.15. The van der Waals surface area contributed by atoms with Crippen molar-refractivity contribution < 1.29 is 4.74 Å². The van der Waals surface area contributed by atoms with Crippen molar-refractivity contribution in [3.63, 3.8) is 0 Å². The third-order valence-electron chi connectivity index (χ3n) is 4.65. The number of hydrogen-bond donors (Lipinski definition) is 1. The summed E-state index contributed by atoms with van der Waals surface area (Å²) in [4.78, 5) is 2.60. The Kier molecular flexibility index (Phi) is 4.71. The van der Waals surface area contributed by atoms with Gasteiger partial charge in [0.25, 0.3) is 0 Å². The molecule has 0 aromatic heterocycles. The highest BCUT2D eigenvalue weighted by Crippen LogP contribution is 2.28. The molecule has 2 atom stereocenters. The molecule has 1 N–H and O–H groups in total. The van der Waals surface area contributed by atoms with Gasteiger partial charge in [0.1, 0.15) is 5.75 Å². The van der Waals surface area contributed by atoms with Crippen LogP contribution in [0.15, 0.2) is 18.2 Å². The molecule has 1 aromatic rings. The molecular weight excluding hydrogens is 248 g/mol. The Morgan fingerprint density at radius 1 is 1.45 bits per heavy atom. The molecule has 2 unspecified atom stereocenters. The van der Waals surface area contributed by atoms with Crippen LogP contribution in [0.5, 0.6) is 5.75 Å². The lowest BCUT2D eigenvalue weighted by molar-refractivity contribution is 0.0447. The number of nitrogens with zero attached hydrogens (tertiary/aromatic N) is 1. The smallest absolute Gasteiger partial charge is 0.123 e. The van der Waals surface area contributed by atoms with E-state index in [1.807, 2.05) is 0 Å². The maximum absolute atomic E-state index is 5.53. The first-order chi connectivity index (χ1) is 9.48. The average Bonchev–Trinajstić information content (AvgIpc) is 2.43. The van der Waals surface area contributed by atoms with Gasteiger partial charge in [-0.2, -0.15) is 0 Å². The van der Waals surface area contributed by atoms with E-state index in [0.29, 0.717) is 6.04 Å². The van der Waals surface area contributed by atoms with Crippen molar-refractivity contribution >= 4 is 0 Å². The first-order valence-electron chi connectivity index (χ1n) is 7.60. The number of ether oxygens (including phenoxy) is 1. The van der Waals surface area contributed by atoms with Gasteiger partial charge >= 0.3 is 0 Å². The summed E-state index contributed by atoms with van der Waals surface area (Å²) in [6.07, 6.45) is 1.15. The average molecular weight is 276 g/mol. The van der Waals surface area contributed by atoms with Gasteiger partial charge in [0.2, 0.25) is 0 Å². The maximum Gasteiger partial charge on any atom is 0.123 e. The number of rotatable bonds is 4. The fourth-order valence-corrected chi connectivity index (χ4v) is 2.96. The second kappa shape index (κ2) is 6.15. The largest absolute Gasteiger partial charge is 0.496 e. The summed E-state index contributed by atoms with van der Waals surface area (Å²) in [5.74, 6) is 1.00. The van der Waals surface area contributed by atoms with E-state index in [9.17, 15) is 0 Å². The van der Waals surface area contributed by atoms with Gasteiger partial charge in [-0.25, -0.2) is 0 Å². The van der Waals surface area contributed by atoms with Crippen LogP contribution in [-0.2, 0) is 6.54 Å². The second-order valence-electron chi connectivity index (χ2n) is 6.33. The van der Waals surface area contributed by atoms with Crippen LogP contribution in [0.25, 0.3) is 0 Å². The third-order valence-corrected chi connectivity index (χ3v) is 4.65. The van der Waals surface area contributed by atoms with E-state index in [1.165, 1.54) is 11.1 Å². The molecule has 1 aliphatic rings. The summed E-state index contributed by atoms with van der Waals surface area (Å²) >= 11 is 0. The Bertz CT molecular complexity index is 460. The molecule has 112 valence electrons. The van der Waals surface area contributed by atoms with Crippen molar-refractivity contribution in [2.75, 3.05) is 20.2 Å². The normalized spacial score (nSPS) is 27.6. The molecule has 1 aliphatic heterocycles. The number of piperazine rings is 1. The van der Waals surface area contributed by atoms with Gasteiger partial charge in [-0.05, 0) is 33.3 Å². The van der Waals surface area contributed by atoms with Crippen molar-refractivity contribution in [1.82, 2.24) is 10.2 Å². The lowest BCUT2D eigenvalue weighted by Gasteiger charge is -2.47. The van der Waals surface area contributed by atoms with Gasteiger partial charge in [0.05, 0.1) is 7.11 Å². The number of hydrogen-bond acceptors (Lipinski definition) is 3. The molecule has 0 spiro atoms. The molecule has 0 saturated carbocycles. The first-order valence-corrected chi connectivity index (χ1v) is 7.60. The van der Waals surface area contributed by atoms with E-state index >= 15 is 0 Å². The molecule has 3 nitrogen and oxygen atoms in total. The van der Waals surface area contributed by atoms with E-state index < -0.39 is 0 Å². The Hall–Kier alpha value is -1.06. The van der Waals surface area contributed by atoms with Crippen LogP contribution in [-0.4, -0.2) is 36.7 Å². The van der Waals surface area contributed by atoms with E-state index in [4.69, 9.17) is 4.74 Å². The number of nitrogens with one attached hydrogen (secondary N) is 1. The Labute approximate surface area is 123 Å². The Balaban J connectivity index is 2.24. The van der Waals surface area contributed by atoms with Gasteiger partial charge in [0.15, 0.2) is 0 Å². The minimum atomic E-state index is 0.223. The van der Waals surface area contributed by atoms with E-state index in [-0.39, 0.29) is 5.54 Å². The highest BCUT2D eigenvalue weighted by atomic mass is 16.5. The van der Waals surface area contributed by atoms with Crippen LogP contribution in [0.2, 0.25) is 0 Å². The quantitative estimate of drug-likeness (QED) is 0.915. The summed E-state index contributed by atoms with van der Waals surface area (Å²) in [5.41, 5.74) is 2.81. The summed E-state index contributed by atoms with van der Waals surface area (Å²) in [7, 11) is 1.76. The standard InChI is InChI=1S/C17H28N2O/c1-6-17(4)12-18-14(3)10-19(17)11-15-9-13(2)7-8-16(15)20-5/h7-9,14,18H,6,10-12H2,1-5H3. The van der Waals surface area contributed by atoms with Gasteiger partial charge in [-0.3, -0.25) is 4.90 Å². The molecule has 1 heterocycles. The summed E-state index contributed by atoms with van der Waals surface area (Å²) in [5, 5.41) is 3.61. The maximum atomic E-state index is 5.53. The van der Waals surface area contributed by atoms with E-state index in [1.54, 1.807) is 7.11 Å². The van der Waals surface area contributed by atoms with Crippen LogP contribution < -0.4 is 10.1 Å². The van der Waals surface area contributed by atoms with Gasteiger partial charge in [-0.1, -0.05) is 24.6 Å². The van der Waals surface area contributed by atoms with Crippen molar-refractivity contribution in [2.45, 2.75) is 52.2 Å². The molecule has 20 heavy (non-hydrogen) atoms. The predicted octanol–water partition coefficient (Wildman–Crippen LogP) is 2.97. The minimum Gasteiger partial charge on any atom is -0.496 e. The number of methoxy groups -OCH3 is 1. The van der Waals surface area contributed by atoms with Gasteiger partial charge in [0, 0.05) is 36.8 Å². The predicted molar refractivity (Wildman–Crippen MR) is 84.3 cm³/mol. The minimum absolute atomic E-state index is 0.223. The fourth-order valence-electron chi connectivity index (χ4n) is 2.96. The van der Waals surface area contributed by atoms with Crippen molar-refractivity contribution in [1.29, 1.82) is 0 Å². The zero-order valence-electron chi connectivity index (χ0n) is 13.5. The molecule has 0 aliphatic carbocycles. The summed E-state index contributed by atoms with van der Waals surface area (Å²) in [6, 6.07) is 6.99. The molecule has 1 aromatic carbocycles. The van der Waals surface area contributed by atoms with Crippen LogP contribution in [0.3, 0.4) is 0 Å². The molecule has 1 saturated heterocycles. The summed E-state index contributed by atoms with van der Waals surface area (Å²) in [6.45, 7) is 12.1.